The number of aliphatic hydroxyl groups excluding tert-OH is 1. The van der Waals surface area contributed by atoms with Gasteiger partial charge in [-0.1, -0.05) is 24.3 Å². The van der Waals surface area contributed by atoms with Crippen LogP contribution in [0.1, 0.15) is 12.6 Å². The number of benzene rings is 2. The second kappa shape index (κ2) is 65.8. The molecule has 4 aromatic rings. The molecular formula is C21H17N3ORb16. The molecule has 0 aliphatic heterocycles. The van der Waals surface area contributed by atoms with Crippen molar-refractivity contribution in [2.75, 3.05) is 0 Å². The van der Waals surface area contributed by atoms with Crippen LogP contribution in [0, 0.1) is 13.0 Å². The number of fused-ring (bicyclic) bond motifs is 1. The third kappa shape index (κ3) is 43.1. The Bertz CT molecular complexity index is 1090. The first-order valence-electron chi connectivity index (χ1n) is 15.1. The van der Waals surface area contributed by atoms with Crippen LogP contribution < -0.4 is 116 Å². The number of aromatic nitrogens is 3. The van der Waals surface area contributed by atoms with Crippen LogP contribution in [0.25, 0.3) is 33.7 Å². The molecule has 0 spiro atoms. The van der Waals surface area contributed by atoms with E-state index in [0.717, 1.165) is 513 Å². The van der Waals surface area contributed by atoms with Gasteiger partial charge in [0.15, 0.2) is 5.82 Å². The van der Waals surface area contributed by atoms with Gasteiger partial charge in [0.1, 0.15) is 5.69 Å². The van der Waals surface area contributed by atoms with Gasteiger partial charge < -0.3 is 6.53 Å². The predicted molar refractivity (Wildman–Crippen MR) is 179 cm³/mol. The van der Waals surface area contributed by atoms with Crippen molar-refractivity contribution in [2.45, 2.75) is 13.5 Å². The molecule has 0 fully saturated rings. The molecule has 2 aromatic carbocycles. The van der Waals surface area contributed by atoms with Crippen LogP contribution in [0.3, 0.4) is 0 Å². The number of hydrogen-bond acceptors (Lipinski definition) is 4. The van der Waals surface area contributed by atoms with Crippen molar-refractivity contribution in [2.24, 2.45) is 0 Å². The molecule has 0 radical (unpaired) electrons. The van der Waals surface area contributed by atoms with E-state index < -0.39 is 0 Å². The Morgan fingerprint density at radius 3 is 1.73 bits per heavy atom. The zero-order valence-electron chi connectivity index (χ0n) is 30.8. The molecule has 2 aromatic heterocycles. The van der Waals surface area contributed by atoms with Crippen molar-refractivity contribution < 1.29 is 123 Å². The molecule has 0 bridgehead atoms. The summed E-state index contributed by atoms with van der Waals surface area (Å²) in [4.78, 5) is 13.8. The maximum atomic E-state index is 9.17. The quantitative estimate of drug-likeness (QED) is 0.208. The molecule has 138 valence electrons. The van der Waals surface area contributed by atoms with Gasteiger partial charge in [0, 0.05) is 23.9 Å². The second-order valence-corrected chi connectivity index (χ2v) is 5.88. The molecule has 0 aliphatic rings. The molecular weight excluding hydrogens is 1680 g/mol. The topological polar surface area (TPSA) is 58.9 Å². The Kier molecular flexibility index (Phi) is 125. The molecule has 0 amide bonds. The Morgan fingerprint density at radius 1 is 0.707 bits per heavy atom. The van der Waals surface area contributed by atoms with Crippen LogP contribution in [0.5, 0.6) is 0 Å². The standard InChI is InChI=1S/C21H16N3O.16Rb.H/c1-14-6-11-19(21-22-12-17-4-2-3-5-18(17)24-21)23-20(14)16-9-7-15(13-25)8-10-16;;;;;;;;;;;;;;;;;/h2-7,9-12,25H,13H2,1H3;;;;;;;;;;;;;;;;;/q-1;;;;;;;;;;;;;;;2*+1;-1. The van der Waals surface area contributed by atoms with Crippen molar-refractivity contribution >= 4 is 485 Å². The van der Waals surface area contributed by atoms with E-state index in [0.29, 0.717) is 5.82 Å². The molecule has 4 nitrogen and oxygen atoms in total. The molecule has 0 aliphatic carbocycles. The van der Waals surface area contributed by atoms with Gasteiger partial charge in [-0.05, 0) is 24.6 Å². The predicted octanol–water partition coefficient (Wildman–Crippen LogP) is -7.25. The third-order valence-electron chi connectivity index (χ3n) is 4.14. The van der Waals surface area contributed by atoms with E-state index in [2.05, 4.69) is 16.0 Å². The number of rotatable bonds is 3. The van der Waals surface area contributed by atoms with Gasteiger partial charge >= 0.3 is 590 Å². The van der Waals surface area contributed by atoms with Crippen LogP contribution >= 0.6 is 0 Å². The van der Waals surface area contributed by atoms with Gasteiger partial charge in [-0.2, -0.15) is 24.3 Å². The van der Waals surface area contributed by atoms with Gasteiger partial charge in [0.25, 0.3) is 0 Å². The first-order chi connectivity index (χ1) is 19.2. The molecule has 4 rings (SSSR count). The molecule has 0 saturated heterocycles. The van der Waals surface area contributed by atoms with E-state index in [4.69, 9.17) is 10.1 Å². The summed E-state index contributed by atoms with van der Waals surface area (Å²) in [5.41, 5.74) is 5.28. The zero-order chi connectivity index (χ0) is 31.2. The van der Waals surface area contributed by atoms with Crippen molar-refractivity contribution in [3.8, 4) is 22.8 Å². The average molecular weight is 1690 g/mol. The Hall–Kier alpha value is 25.8. The van der Waals surface area contributed by atoms with Gasteiger partial charge in [0.2, 0.25) is 0 Å². The van der Waals surface area contributed by atoms with E-state index >= 15 is 0 Å². The molecule has 0 saturated carbocycles. The Balaban J connectivity index is -0.000000128. The normalized spacial score (nSPS) is 8.05. The molecule has 0 atom stereocenters. The number of pyridine rings is 1. The minimum absolute atomic E-state index is 0. The van der Waals surface area contributed by atoms with E-state index in [1.54, 1.807) is 0 Å². The second-order valence-electron chi connectivity index (χ2n) is 5.88. The summed E-state index contributed by atoms with van der Waals surface area (Å²) in [6.45, 7) is 2.00. The number of para-hydroxylation sites is 1. The summed E-state index contributed by atoms with van der Waals surface area (Å²) in [6.07, 6.45) is 1.82. The van der Waals surface area contributed by atoms with Gasteiger partial charge in [0.05, 0.1) is 5.52 Å². The summed E-state index contributed by atoms with van der Waals surface area (Å²) < 4.78 is 0. The van der Waals surface area contributed by atoms with E-state index in [1.165, 1.54) is 0 Å². The molecule has 1 N–H and O–H groups in total. The van der Waals surface area contributed by atoms with Gasteiger partial charge in [-0.15, -0.1) is 11.1 Å². The Morgan fingerprint density at radius 2 is 1.24 bits per heavy atom. The first kappa shape index (κ1) is 78.2. The van der Waals surface area contributed by atoms with Crippen molar-refractivity contribution in [1.29, 1.82) is 0 Å². The minimum atomic E-state index is -0.0162. The summed E-state index contributed by atoms with van der Waals surface area (Å²) in [5, 5.41) is 10.2. The fourth-order valence-corrected chi connectivity index (χ4v) is 2.74. The van der Waals surface area contributed by atoms with Crippen LogP contribution in [0.15, 0.2) is 60.8 Å². The number of aliphatic hydroxyl groups is 1. The summed E-state index contributed by atoms with van der Waals surface area (Å²) in [6, 6.07) is 20.6. The molecule has 2 heterocycles. The number of nitrogens with zero attached hydrogens (tertiary/aromatic N) is 3. The van der Waals surface area contributed by atoms with E-state index in [1.807, 2.05) is 67.7 Å². The van der Waals surface area contributed by atoms with Crippen molar-refractivity contribution in [1.82, 2.24) is 15.0 Å². The third-order valence-corrected chi connectivity index (χ3v) is 4.14. The van der Waals surface area contributed by atoms with Gasteiger partial charge in [-0.25, -0.2) is 9.97 Å². The van der Waals surface area contributed by atoms with E-state index in [-0.39, 0.29) is 124 Å². The number of hydrogen-bond donors (Lipinski definition) is 1. The zero-order valence-corrected chi connectivity index (χ0v) is 108. The fourth-order valence-electron chi connectivity index (χ4n) is 2.74. The monoisotopic (exact) mass is 1690 g/mol. The van der Waals surface area contributed by atoms with Crippen molar-refractivity contribution in [3.63, 3.8) is 0 Å². The molecule has 20 heteroatoms. The van der Waals surface area contributed by atoms with Crippen LogP contribution in [-0.4, -0.2) is 494 Å². The SMILES string of the molecule is Cc1ccc(-c2ncc3ccccc3n2)nc1-c1c[c-]c(CO)cc1.[H-].[Rb+].[Rb+].[Rb][Rb].[Rb][Rb].[Rb][Rb].[Rb][Rb].[Rb][Rb].[Rb][Rb].[Rb][Rb]. The summed E-state index contributed by atoms with van der Waals surface area (Å²) >= 11 is 16.2. The molecule has 41 heavy (non-hydrogen) atoms. The van der Waals surface area contributed by atoms with Gasteiger partial charge in [-0.3, -0.25) is 4.98 Å². The van der Waals surface area contributed by atoms with Crippen molar-refractivity contribution in [3.05, 3.63) is 78.0 Å². The molecule has 0 unspecified atom stereocenters. The maximum absolute atomic E-state index is 9.17. The number of aryl methyl sites for hydroxylation is 1. The van der Waals surface area contributed by atoms with Crippen LogP contribution in [0.4, 0.5) is 0 Å². The Labute approximate surface area is 691 Å². The van der Waals surface area contributed by atoms with E-state index in [9.17, 15) is 0 Å². The summed E-state index contributed by atoms with van der Waals surface area (Å²) in [5.74, 6) is 0.607. The summed E-state index contributed by atoms with van der Waals surface area (Å²) in [7, 11) is 0. The first-order valence-corrected chi connectivity index (χ1v) is 253. The average Bonchev–Trinajstić information content (AvgIpc) is 3.07. The van der Waals surface area contributed by atoms with Crippen LogP contribution in [-0.2, 0) is 6.61 Å². The fraction of sp³-hybridized carbons (Fsp3) is 0.0952. The van der Waals surface area contributed by atoms with Crippen LogP contribution in [0.2, 0.25) is 0 Å².